The molecule has 0 radical (unpaired) electrons. The second-order valence-electron chi connectivity index (χ2n) is 5.52. The minimum Gasteiger partial charge on any atom is -0.355 e. The van der Waals surface area contributed by atoms with E-state index in [1.807, 2.05) is 13.8 Å². The van der Waals surface area contributed by atoms with Gasteiger partial charge in [0.1, 0.15) is 0 Å². The highest BCUT2D eigenvalue weighted by molar-refractivity contribution is 7.99. The van der Waals surface area contributed by atoms with Crippen LogP contribution < -0.4 is 16.0 Å². The Morgan fingerprint density at radius 2 is 1.89 bits per heavy atom. The minimum absolute atomic E-state index is 0.127. The van der Waals surface area contributed by atoms with Crippen LogP contribution in [-0.2, 0) is 4.79 Å². The van der Waals surface area contributed by atoms with Gasteiger partial charge in [0.2, 0.25) is 17.8 Å². The topological polar surface area (TPSA) is 109 Å². The first kappa shape index (κ1) is 20.4. The molecule has 1 amide bonds. The molecule has 3 rings (SSSR count). The fourth-order valence-corrected chi connectivity index (χ4v) is 3.32. The molecule has 0 spiro atoms. The molecule has 0 bridgehead atoms. The Labute approximate surface area is 175 Å². The monoisotopic (exact) mass is 440 g/mol. The first-order valence-corrected chi connectivity index (χ1v) is 10.2. The number of benzene rings is 1. The van der Waals surface area contributed by atoms with Crippen LogP contribution in [0.4, 0.5) is 17.6 Å². The molecule has 148 valence electrons. The lowest BCUT2D eigenvalue weighted by molar-refractivity contribution is -0.113. The summed E-state index contributed by atoms with van der Waals surface area (Å²) in [5.74, 6) is 1.33. The molecule has 2 aromatic heterocycles. The zero-order chi connectivity index (χ0) is 20.1. The number of halogens is 2. The van der Waals surface area contributed by atoms with Crippen LogP contribution in [0.25, 0.3) is 5.78 Å². The number of nitrogens with zero attached hydrogens (tertiary/aromatic N) is 5. The number of thioether (sulfide) groups is 1. The molecule has 9 nitrogen and oxygen atoms in total. The number of amides is 1. The second kappa shape index (κ2) is 9.26. The molecular formula is C16H18Cl2N8OS. The van der Waals surface area contributed by atoms with Crippen LogP contribution in [0.2, 0.25) is 10.0 Å². The van der Waals surface area contributed by atoms with E-state index >= 15 is 0 Å². The molecule has 28 heavy (non-hydrogen) atoms. The molecule has 0 fully saturated rings. The van der Waals surface area contributed by atoms with Crippen molar-refractivity contribution in [2.75, 3.05) is 34.8 Å². The number of fused-ring (bicyclic) bond motifs is 1. The zero-order valence-corrected chi connectivity index (χ0v) is 17.5. The van der Waals surface area contributed by atoms with Gasteiger partial charge in [-0.25, -0.2) is 4.40 Å². The van der Waals surface area contributed by atoms with Crippen molar-refractivity contribution in [1.82, 2.24) is 24.6 Å². The van der Waals surface area contributed by atoms with Gasteiger partial charge in [0.15, 0.2) is 5.16 Å². The van der Waals surface area contributed by atoms with Crippen LogP contribution in [0.5, 0.6) is 0 Å². The Morgan fingerprint density at radius 3 is 2.61 bits per heavy atom. The average molecular weight is 441 g/mol. The maximum absolute atomic E-state index is 12.3. The van der Waals surface area contributed by atoms with Crippen LogP contribution in [-0.4, -0.2) is 49.3 Å². The van der Waals surface area contributed by atoms with E-state index in [2.05, 4.69) is 36.1 Å². The lowest BCUT2D eigenvalue weighted by Gasteiger charge is -2.09. The van der Waals surface area contributed by atoms with Crippen molar-refractivity contribution in [3.8, 4) is 0 Å². The molecule has 0 aliphatic rings. The molecule has 0 aliphatic heterocycles. The van der Waals surface area contributed by atoms with Gasteiger partial charge >= 0.3 is 0 Å². The summed E-state index contributed by atoms with van der Waals surface area (Å²) in [4.78, 5) is 21.0. The van der Waals surface area contributed by atoms with Gasteiger partial charge in [-0.3, -0.25) is 4.79 Å². The Bertz CT molecular complexity index is 996. The van der Waals surface area contributed by atoms with Gasteiger partial charge < -0.3 is 16.0 Å². The van der Waals surface area contributed by atoms with Crippen LogP contribution in [0.3, 0.4) is 0 Å². The van der Waals surface area contributed by atoms with E-state index in [0.29, 0.717) is 51.7 Å². The number of rotatable bonds is 8. The van der Waals surface area contributed by atoms with Gasteiger partial charge in [-0.15, -0.1) is 10.2 Å². The highest BCUT2D eigenvalue weighted by atomic mass is 35.5. The lowest BCUT2D eigenvalue weighted by Crippen LogP contribution is -2.15. The van der Waals surface area contributed by atoms with Crippen LogP contribution >= 0.6 is 35.0 Å². The highest BCUT2D eigenvalue weighted by Gasteiger charge is 2.16. The largest absolute Gasteiger partial charge is 0.355 e. The van der Waals surface area contributed by atoms with E-state index in [4.69, 9.17) is 23.2 Å². The molecule has 0 saturated heterocycles. The summed E-state index contributed by atoms with van der Waals surface area (Å²) in [6.07, 6.45) is 0. The molecule has 3 aromatic rings. The van der Waals surface area contributed by atoms with Gasteiger partial charge in [0, 0.05) is 18.8 Å². The maximum atomic E-state index is 12.3. The van der Waals surface area contributed by atoms with E-state index in [1.54, 1.807) is 22.6 Å². The van der Waals surface area contributed by atoms with E-state index in [0.717, 1.165) is 0 Å². The average Bonchev–Trinajstić information content (AvgIpc) is 3.07. The molecule has 3 N–H and O–H groups in total. The van der Waals surface area contributed by atoms with Crippen molar-refractivity contribution in [3.05, 3.63) is 28.2 Å². The van der Waals surface area contributed by atoms with E-state index in [-0.39, 0.29) is 11.7 Å². The van der Waals surface area contributed by atoms with Crippen LogP contribution in [0.1, 0.15) is 13.8 Å². The number of nitrogens with one attached hydrogen (secondary N) is 3. The Hall–Kier alpha value is -2.30. The van der Waals surface area contributed by atoms with Crippen LogP contribution in [0, 0.1) is 0 Å². The molecule has 0 aliphatic carbocycles. The van der Waals surface area contributed by atoms with Crippen LogP contribution in [0.15, 0.2) is 23.4 Å². The number of carbonyl (C=O) groups excluding carboxylic acids is 1. The summed E-state index contributed by atoms with van der Waals surface area (Å²) in [5.41, 5.74) is 0.568. The number of aromatic nitrogens is 5. The normalized spacial score (nSPS) is 10.9. The summed E-state index contributed by atoms with van der Waals surface area (Å²) < 4.78 is 1.68. The smallest absolute Gasteiger partial charge is 0.261 e. The first-order chi connectivity index (χ1) is 13.5. The highest BCUT2D eigenvalue weighted by Crippen LogP contribution is 2.25. The van der Waals surface area contributed by atoms with Gasteiger partial charge in [0.05, 0.1) is 15.8 Å². The van der Waals surface area contributed by atoms with Crippen molar-refractivity contribution in [3.63, 3.8) is 0 Å². The quantitative estimate of drug-likeness (QED) is 0.457. The predicted molar refractivity (Wildman–Crippen MR) is 113 cm³/mol. The number of hydrogen-bond acceptors (Lipinski definition) is 8. The molecule has 0 unspecified atom stereocenters. The van der Waals surface area contributed by atoms with Gasteiger partial charge in [-0.1, -0.05) is 35.0 Å². The van der Waals surface area contributed by atoms with Gasteiger partial charge in [0.25, 0.3) is 5.78 Å². The second-order valence-corrected chi connectivity index (χ2v) is 7.27. The summed E-state index contributed by atoms with van der Waals surface area (Å²) in [5, 5.41) is 18.5. The molecule has 2 heterocycles. The minimum atomic E-state index is -0.213. The fraction of sp³-hybridized carbons (Fsp3) is 0.312. The van der Waals surface area contributed by atoms with E-state index in [1.165, 1.54) is 11.8 Å². The summed E-state index contributed by atoms with van der Waals surface area (Å²) in [6.45, 7) is 5.27. The lowest BCUT2D eigenvalue weighted by atomic mass is 10.3. The van der Waals surface area contributed by atoms with Gasteiger partial charge in [-0.2, -0.15) is 9.97 Å². The number of carbonyl (C=O) groups is 1. The van der Waals surface area contributed by atoms with Gasteiger partial charge in [-0.05, 0) is 32.0 Å². The third-order valence-corrected chi connectivity index (χ3v) is 5.12. The van der Waals surface area contributed by atoms with E-state index in [9.17, 15) is 4.79 Å². The third-order valence-electron chi connectivity index (χ3n) is 3.45. The van der Waals surface area contributed by atoms with Crippen molar-refractivity contribution in [2.24, 2.45) is 0 Å². The molecule has 12 heteroatoms. The first-order valence-electron chi connectivity index (χ1n) is 8.50. The summed E-state index contributed by atoms with van der Waals surface area (Å²) in [7, 11) is 0. The third kappa shape index (κ3) is 4.75. The maximum Gasteiger partial charge on any atom is 0.261 e. The Kier molecular flexibility index (Phi) is 6.76. The zero-order valence-electron chi connectivity index (χ0n) is 15.2. The number of anilines is 3. The Balaban J connectivity index is 1.74. The molecular weight excluding hydrogens is 423 g/mol. The van der Waals surface area contributed by atoms with Crippen molar-refractivity contribution >= 4 is 64.2 Å². The molecule has 0 saturated carbocycles. The standard InChI is InChI=1S/C16H18Cl2N8OS/c1-3-19-13-22-14(20-4-2)26-15(23-13)24-25-16(26)28-8-12(27)21-9-5-6-10(17)11(18)7-9/h5-7H,3-4,8H2,1-2H3,(H,21,27)(H2,19,20,22,23,24). The fourth-order valence-electron chi connectivity index (χ4n) is 2.30. The van der Waals surface area contributed by atoms with Crippen molar-refractivity contribution in [1.29, 1.82) is 0 Å². The number of hydrogen-bond donors (Lipinski definition) is 3. The van der Waals surface area contributed by atoms with Crippen molar-refractivity contribution in [2.45, 2.75) is 19.0 Å². The Morgan fingerprint density at radius 1 is 1.11 bits per heavy atom. The molecule has 1 aromatic carbocycles. The van der Waals surface area contributed by atoms with E-state index < -0.39 is 0 Å². The summed E-state index contributed by atoms with van der Waals surface area (Å²) in [6, 6.07) is 4.90. The SMILES string of the molecule is CCNc1nc(NCC)n2c(SCC(=O)Nc3ccc(Cl)c(Cl)c3)nnc2n1. The summed E-state index contributed by atoms with van der Waals surface area (Å²) >= 11 is 13.1. The predicted octanol–water partition coefficient (Wildman–Crippen LogP) is 3.42. The van der Waals surface area contributed by atoms with Crippen molar-refractivity contribution < 1.29 is 4.79 Å². The molecule has 0 atom stereocenters.